The van der Waals surface area contributed by atoms with Gasteiger partial charge in [0.25, 0.3) is 0 Å². The fourth-order valence-corrected chi connectivity index (χ4v) is 3.24. The predicted molar refractivity (Wildman–Crippen MR) is 90.4 cm³/mol. The molecule has 0 atom stereocenters. The molecule has 23 heavy (non-hydrogen) atoms. The maximum Gasteiger partial charge on any atom is 0.348 e. The fraction of sp³-hybridized carbons (Fsp3) is 0.176. The van der Waals surface area contributed by atoms with Gasteiger partial charge in [0.05, 0.1) is 0 Å². The summed E-state index contributed by atoms with van der Waals surface area (Å²) in [5, 5.41) is 3.06. The summed E-state index contributed by atoms with van der Waals surface area (Å²) in [7, 11) is 0. The number of aryl methyl sites for hydroxylation is 2. The zero-order valence-electron chi connectivity index (χ0n) is 12.5. The quantitative estimate of drug-likeness (QED) is 0.517. The van der Waals surface area contributed by atoms with Crippen LogP contribution in [0.1, 0.15) is 26.4 Å². The number of carbonyl (C=O) groups is 1. The molecule has 0 aliphatic heterocycles. The summed E-state index contributed by atoms with van der Waals surface area (Å²) in [6.07, 6.45) is 0. The molecular weight excluding hydrogens is 336 g/mol. The first kappa shape index (κ1) is 15.8. The van der Waals surface area contributed by atoms with E-state index < -0.39 is 11.6 Å². The molecule has 0 spiro atoms. The van der Waals surface area contributed by atoms with Crippen LogP contribution in [0.15, 0.2) is 38.9 Å². The van der Waals surface area contributed by atoms with Crippen molar-refractivity contribution in [2.24, 2.45) is 0 Å². The highest BCUT2D eigenvalue weighted by molar-refractivity contribution is 7.12. The molecule has 3 rings (SSSR count). The monoisotopic (exact) mass is 348 g/mol. The molecule has 0 bridgehead atoms. The molecule has 3 aromatic rings. The number of hydrogen-bond acceptors (Lipinski definition) is 5. The number of benzene rings is 1. The molecule has 0 radical (unpaired) electrons. The molecule has 2 aromatic heterocycles. The largest absolute Gasteiger partial charge is 0.457 e. The number of rotatable bonds is 3. The number of carbonyl (C=O) groups excluding carboxylic acids is 1. The van der Waals surface area contributed by atoms with Crippen LogP contribution in [-0.4, -0.2) is 5.97 Å². The lowest BCUT2D eigenvalue weighted by molar-refractivity contribution is 0.0479. The molecule has 0 aliphatic carbocycles. The molecule has 6 heteroatoms. The first-order chi connectivity index (χ1) is 11.0. The Bertz CT molecular complexity index is 955. The van der Waals surface area contributed by atoms with E-state index >= 15 is 0 Å². The first-order valence-corrected chi connectivity index (χ1v) is 8.15. The van der Waals surface area contributed by atoms with Crippen LogP contribution >= 0.6 is 22.9 Å². The van der Waals surface area contributed by atoms with E-state index in [9.17, 15) is 9.59 Å². The van der Waals surface area contributed by atoms with Crippen molar-refractivity contribution in [2.45, 2.75) is 20.5 Å². The van der Waals surface area contributed by atoms with Gasteiger partial charge in [-0.25, -0.2) is 9.59 Å². The Morgan fingerprint density at radius 2 is 2.04 bits per heavy atom. The lowest BCUT2D eigenvalue weighted by atomic mass is 10.1. The van der Waals surface area contributed by atoms with Gasteiger partial charge in [-0.05, 0) is 48.6 Å². The fourth-order valence-electron chi connectivity index (χ4n) is 2.26. The second-order valence-electron chi connectivity index (χ2n) is 5.20. The van der Waals surface area contributed by atoms with Crippen LogP contribution in [0.5, 0.6) is 0 Å². The van der Waals surface area contributed by atoms with Gasteiger partial charge in [0.15, 0.2) is 0 Å². The molecule has 4 nitrogen and oxygen atoms in total. The Morgan fingerprint density at radius 1 is 1.26 bits per heavy atom. The van der Waals surface area contributed by atoms with Crippen LogP contribution in [0.3, 0.4) is 0 Å². The predicted octanol–water partition coefficient (Wildman–Crippen LogP) is 4.48. The van der Waals surface area contributed by atoms with E-state index in [4.69, 9.17) is 20.8 Å². The molecule has 0 N–H and O–H groups in total. The second kappa shape index (κ2) is 6.18. The van der Waals surface area contributed by atoms with Crippen molar-refractivity contribution < 1.29 is 13.9 Å². The summed E-state index contributed by atoms with van der Waals surface area (Å²) in [6, 6.07) is 6.60. The Morgan fingerprint density at radius 3 is 2.74 bits per heavy atom. The molecule has 0 unspecified atom stereocenters. The van der Waals surface area contributed by atoms with Crippen LogP contribution in [0, 0.1) is 13.8 Å². The van der Waals surface area contributed by atoms with Gasteiger partial charge in [-0.1, -0.05) is 11.6 Å². The highest BCUT2D eigenvalue weighted by Crippen LogP contribution is 2.26. The van der Waals surface area contributed by atoms with E-state index in [1.807, 2.05) is 25.3 Å². The summed E-state index contributed by atoms with van der Waals surface area (Å²) < 4.78 is 10.5. The van der Waals surface area contributed by atoms with E-state index in [0.29, 0.717) is 26.4 Å². The average molecular weight is 349 g/mol. The third-order valence-electron chi connectivity index (χ3n) is 3.52. The summed E-state index contributed by atoms with van der Waals surface area (Å²) in [6.45, 7) is 3.66. The number of ether oxygens (including phenoxy) is 1. The SMILES string of the molecule is Cc1cc2oc(=O)cc(COC(=O)c3sccc3C)c2cc1Cl. The zero-order chi connectivity index (χ0) is 16.6. The Balaban J connectivity index is 1.94. The van der Waals surface area contributed by atoms with Gasteiger partial charge in [-0.3, -0.25) is 0 Å². The van der Waals surface area contributed by atoms with Crippen LogP contribution < -0.4 is 5.63 Å². The van der Waals surface area contributed by atoms with Gasteiger partial charge in [0.1, 0.15) is 17.1 Å². The van der Waals surface area contributed by atoms with Crippen molar-refractivity contribution >= 4 is 39.9 Å². The number of halogens is 1. The highest BCUT2D eigenvalue weighted by atomic mass is 35.5. The molecule has 0 saturated heterocycles. The van der Waals surface area contributed by atoms with Crippen LogP contribution in [0.25, 0.3) is 11.0 Å². The number of hydrogen-bond donors (Lipinski definition) is 0. The van der Waals surface area contributed by atoms with E-state index in [1.165, 1.54) is 17.4 Å². The smallest absolute Gasteiger partial charge is 0.348 e. The van der Waals surface area contributed by atoms with Crippen LogP contribution in [0.4, 0.5) is 0 Å². The summed E-state index contributed by atoms with van der Waals surface area (Å²) in [5.74, 6) is -0.405. The zero-order valence-corrected chi connectivity index (χ0v) is 14.1. The van der Waals surface area contributed by atoms with Gasteiger partial charge < -0.3 is 9.15 Å². The highest BCUT2D eigenvalue weighted by Gasteiger charge is 2.14. The number of thiophene rings is 1. The molecule has 0 saturated carbocycles. The Hall–Kier alpha value is -2.11. The Kier molecular flexibility index (Phi) is 4.24. The van der Waals surface area contributed by atoms with Gasteiger partial charge in [-0.15, -0.1) is 11.3 Å². The van der Waals surface area contributed by atoms with Crippen LogP contribution in [-0.2, 0) is 11.3 Å². The minimum atomic E-state index is -0.488. The van der Waals surface area contributed by atoms with Crippen molar-refractivity contribution in [3.05, 3.63) is 66.7 Å². The lowest BCUT2D eigenvalue weighted by Crippen LogP contribution is -2.07. The van der Waals surface area contributed by atoms with Gasteiger partial charge in [0, 0.05) is 22.0 Å². The molecule has 0 aliphatic rings. The molecule has 118 valence electrons. The normalized spacial score (nSPS) is 10.9. The van der Waals surface area contributed by atoms with E-state index in [1.54, 1.807) is 12.1 Å². The minimum Gasteiger partial charge on any atom is -0.457 e. The van der Waals surface area contributed by atoms with Crippen molar-refractivity contribution in [3.8, 4) is 0 Å². The topological polar surface area (TPSA) is 56.5 Å². The van der Waals surface area contributed by atoms with E-state index in [0.717, 1.165) is 11.1 Å². The standard InChI is InChI=1S/C17H13ClO4S/c1-9-3-4-23-16(9)17(20)21-8-11-6-15(19)22-14-5-10(2)13(18)7-12(11)14/h3-7H,8H2,1-2H3. The average Bonchev–Trinajstić information content (AvgIpc) is 2.92. The van der Waals surface area contributed by atoms with Crippen molar-refractivity contribution in [1.29, 1.82) is 0 Å². The third-order valence-corrected chi connectivity index (χ3v) is 4.92. The second-order valence-corrected chi connectivity index (χ2v) is 6.52. The van der Waals surface area contributed by atoms with Gasteiger partial charge >= 0.3 is 11.6 Å². The maximum atomic E-state index is 12.1. The molecule has 0 fully saturated rings. The molecule has 0 amide bonds. The summed E-state index contributed by atoms with van der Waals surface area (Å²) >= 11 is 7.47. The van der Waals surface area contributed by atoms with Crippen molar-refractivity contribution in [2.75, 3.05) is 0 Å². The third kappa shape index (κ3) is 3.16. The molecule has 1 aromatic carbocycles. The van der Waals surface area contributed by atoms with E-state index in [2.05, 4.69) is 0 Å². The Labute approximate surface area is 141 Å². The van der Waals surface area contributed by atoms with Gasteiger partial charge in [0.2, 0.25) is 0 Å². The van der Waals surface area contributed by atoms with Crippen molar-refractivity contribution in [1.82, 2.24) is 0 Å². The van der Waals surface area contributed by atoms with Crippen molar-refractivity contribution in [3.63, 3.8) is 0 Å². The van der Waals surface area contributed by atoms with E-state index in [-0.39, 0.29) is 6.61 Å². The van der Waals surface area contributed by atoms with Crippen LogP contribution in [0.2, 0.25) is 5.02 Å². The summed E-state index contributed by atoms with van der Waals surface area (Å²) in [4.78, 5) is 24.4. The molecule has 2 heterocycles. The van der Waals surface area contributed by atoms with Gasteiger partial charge in [-0.2, -0.15) is 0 Å². The summed E-state index contributed by atoms with van der Waals surface area (Å²) in [5.41, 5.74) is 2.19. The molecular formula is C17H13ClO4S. The number of esters is 1. The minimum absolute atomic E-state index is 0.0162. The lowest BCUT2D eigenvalue weighted by Gasteiger charge is -2.08. The number of fused-ring (bicyclic) bond motifs is 1. The first-order valence-electron chi connectivity index (χ1n) is 6.90. The maximum absolute atomic E-state index is 12.1.